The number of piperidine rings is 1. The van der Waals surface area contributed by atoms with Gasteiger partial charge in [-0.05, 0) is 92.7 Å². The first-order valence-electron chi connectivity index (χ1n) is 11.4. The number of nitrogens with zero attached hydrogens (tertiary/aromatic N) is 1. The van der Waals surface area contributed by atoms with Gasteiger partial charge in [0.2, 0.25) is 5.91 Å². The molecule has 5 fully saturated rings. The minimum Gasteiger partial charge on any atom is -0.349 e. The summed E-state index contributed by atoms with van der Waals surface area (Å²) in [6.45, 7) is 1.45. The molecule has 0 atom stereocenters. The number of rotatable bonds is 4. The summed E-state index contributed by atoms with van der Waals surface area (Å²) in [5, 5.41) is 3.96. The number of hydrogen-bond donors (Lipinski definition) is 1. The Morgan fingerprint density at radius 2 is 1.60 bits per heavy atom. The Bertz CT molecular complexity index is 812. The lowest BCUT2D eigenvalue weighted by atomic mass is 9.49. The van der Waals surface area contributed by atoms with Crippen molar-refractivity contribution in [3.05, 3.63) is 33.8 Å². The molecule has 2 amide bonds. The first-order valence-corrected chi connectivity index (χ1v) is 12.2. The van der Waals surface area contributed by atoms with Crippen molar-refractivity contribution in [1.82, 2.24) is 10.2 Å². The zero-order valence-corrected chi connectivity index (χ0v) is 18.9. The Hall–Kier alpha value is -1.26. The van der Waals surface area contributed by atoms with Crippen LogP contribution in [0.2, 0.25) is 10.0 Å². The summed E-state index contributed by atoms with van der Waals surface area (Å²) in [5.74, 6) is 2.80. The van der Waals surface area contributed by atoms with Crippen LogP contribution < -0.4 is 5.32 Å². The normalized spacial score (nSPS) is 33.0. The molecule has 30 heavy (non-hydrogen) atoms. The van der Waals surface area contributed by atoms with Crippen LogP contribution in [-0.4, -0.2) is 35.8 Å². The molecule has 1 aromatic rings. The fourth-order valence-electron chi connectivity index (χ4n) is 7.15. The Kier molecular flexibility index (Phi) is 5.51. The van der Waals surface area contributed by atoms with Gasteiger partial charge < -0.3 is 10.2 Å². The largest absolute Gasteiger partial charge is 0.349 e. The van der Waals surface area contributed by atoms with E-state index in [0.717, 1.165) is 50.1 Å². The molecule has 4 nitrogen and oxygen atoms in total. The van der Waals surface area contributed by atoms with Crippen LogP contribution in [0.25, 0.3) is 0 Å². The highest BCUT2D eigenvalue weighted by Gasteiger charge is 2.51. The van der Waals surface area contributed by atoms with E-state index in [-0.39, 0.29) is 11.9 Å². The first kappa shape index (κ1) is 20.6. The van der Waals surface area contributed by atoms with Crippen molar-refractivity contribution < 1.29 is 9.59 Å². The second-order valence-electron chi connectivity index (χ2n) is 10.3. The van der Waals surface area contributed by atoms with Crippen LogP contribution in [0.5, 0.6) is 0 Å². The molecule has 1 N–H and O–H groups in total. The van der Waals surface area contributed by atoms with Crippen molar-refractivity contribution in [1.29, 1.82) is 0 Å². The summed E-state index contributed by atoms with van der Waals surface area (Å²) in [6.07, 6.45) is 10.4. The molecule has 4 saturated carbocycles. The van der Waals surface area contributed by atoms with Gasteiger partial charge in [-0.3, -0.25) is 9.59 Å². The van der Waals surface area contributed by atoms with Gasteiger partial charge in [0.05, 0.1) is 10.6 Å². The van der Waals surface area contributed by atoms with Gasteiger partial charge >= 0.3 is 0 Å². The lowest BCUT2D eigenvalue weighted by molar-refractivity contribution is -0.140. The summed E-state index contributed by atoms with van der Waals surface area (Å²) in [6, 6.07) is 5.00. The lowest BCUT2D eigenvalue weighted by Crippen LogP contribution is -2.50. The molecule has 1 aliphatic heterocycles. The summed E-state index contributed by atoms with van der Waals surface area (Å²) < 4.78 is 0. The van der Waals surface area contributed by atoms with Crippen molar-refractivity contribution in [3.63, 3.8) is 0 Å². The molecule has 0 aromatic heterocycles. The molecule has 1 saturated heterocycles. The topological polar surface area (TPSA) is 49.4 Å². The highest BCUT2D eigenvalue weighted by Crippen LogP contribution is 2.61. The summed E-state index contributed by atoms with van der Waals surface area (Å²) >= 11 is 12.1. The zero-order chi connectivity index (χ0) is 20.9. The monoisotopic (exact) mass is 448 g/mol. The van der Waals surface area contributed by atoms with Crippen molar-refractivity contribution in [2.24, 2.45) is 23.2 Å². The van der Waals surface area contributed by atoms with Crippen molar-refractivity contribution >= 4 is 35.0 Å². The van der Waals surface area contributed by atoms with Gasteiger partial charge in [0.25, 0.3) is 5.91 Å². The quantitative estimate of drug-likeness (QED) is 0.677. The maximum atomic E-state index is 13.1. The molecule has 0 radical (unpaired) electrons. The lowest BCUT2D eigenvalue weighted by Gasteiger charge is -2.57. The molecule has 4 bridgehead atoms. The van der Waals surface area contributed by atoms with Gasteiger partial charge in [0, 0.05) is 30.6 Å². The van der Waals surface area contributed by atoms with Gasteiger partial charge in [-0.25, -0.2) is 0 Å². The van der Waals surface area contributed by atoms with Gasteiger partial charge in [-0.15, -0.1) is 0 Å². The molecule has 162 valence electrons. The fraction of sp³-hybridized carbons (Fsp3) is 0.667. The van der Waals surface area contributed by atoms with Crippen LogP contribution in [0.3, 0.4) is 0 Å². The molecule has 1 heterocycles. The first-order chi connectivity index (χ1) is 14.4. The molecule has 6 heteroatoms. The third-order valence-electron chi connectivity index (χ3n) is 8.05. The predicted octanol–water partition coefficient (Wildman–Crippen LogP) is 5.32. The number of carbonyl (C=O) groups is 2. The second kappa shape index (κ2) is 8.02. The number of amides is 2. The molecule has 4 aliphatic carbocycles. The Morgan fingerprint density at radius 1 is 1.00 bits per heavy atom. The average molecular weight is 449 g/mol. The van der Waals surface area contributed by atoms with Gasteiger partial charge in [-0.1, -0.05) is 23.2 Å². The maximum Gasteiger partial charge on any atom is 0.253 e. The van der Waals surface area contributed by atoms with Gasteiger partial charge in [0.1, 0.15) is 0 Å². The van der Waals surface area contributed by atoms with Crippen molar-refractivity contribution in [3.8, 4) is 0 Å². The Balaban J connectivity index is 1.13. The van der Waals surface area contributed by atoms with Crippen LogP contribution >= 0.6 is 23.2 Å². The zero-order valence-electron chi connectivity index (χ0n) is 17.3. The molecule has 5 aliphatic rings. The predicted molar refractivity (Wildman–Crippen MR) is 119 cm³/mol. The van der Waals surface area contributed by atoms with E-state index in [2.05, 4.69) is 5.32 Å². The van der Waals surface area contributed by atoms with Gasteiger partial charge in [-0.2, -0.15) is 0 Å². The minimum atomic E-state index is -0.171. The van der Waals surface area contributed by atoms with E-state index in [1.165, 1.54) is 38.5 Å². The Labute approximate surface area is 188 Å². The van der Waals surface area contributed by atoms with E-state index < -0.39 is 0 Å². The summed E-state index contributed by atoms with van der Waals surface area (Å²) in [7, 11) is 0. The smallest absolute Gasteiger partial charge is 0.253 e. The number of carbonyl (C=O) groups excluding carboxylic acids is 2. The highest BCUT2D eigenvalue weighted by atomic mass is 35.5. The van der Waals surface area contributed by atoms with Crippen LogP contribution in [0.15, 0.2) is 18.2 Å². The Morgan fingerprint density at radius 3 is 2.17 bits per heavy atom. The van der Waals surface area contributed by atoms with Crippen LogP contribution in [0.4, 0.5) is 0 Å². The molecule has 1 aromatic carbocycles. The van der Waals surface area contributed by atoms with E-state index in [1.807, 2.05) is 4.90 Å². The molecular weight excluding hydrogens is 419 g/mol. The van der Waals surface area contributed by atoms with Crippen LogP contribution in [0.1, 0.15) is 68.1 Å². The highest BCUT2D eigenvalue weighted by molar-refractivity contribution is 6.36. The van der Waals surface area contributed by atoms with Gasteiger partial charge in [0.15, 0.2) is 0 Å². The van der Waals surface area contributed by atoms with E-state index >= 15 is 0 Å². The number of hydrogen-bond acceptors (Lipinski definition) is 2. The average Bonchev–Trinajstić information content (AvgIpc) is 2.67. The SMILES string of the molecule is O=C(NC1CCN(C(=O)CC23CC4CC(CC(C4)C2)C3)CC1)c1ccc(Cl)cc1Cl. The standard InChI is InChI=1S/C24H30Cl2N2O2/c25-18-1-2-20(21(26)10-18)23(30)27-19-3-5-28(6-4-19)22(29)14-24-11-15-7-16(12-24)9-17(8-15)13-24/h1-2,10,15-17,19H,3-9,11-14H2,(H,27,30). The number of likely N-dealkylation sites (tertiary alicyclic amines) is 1. The third-order valence-corrected chi connectivity index (χ3v) is 8.60. The van der Waals surface area contributed by atoms with Crippen LogP contribution in [-0.2, 0) is 4.79 Å². The van der Waals surface area contributed by atoms with E-state index in [1.54, 1.807) is 18.2 Å². The maximum absolute atomic E-state index is 13.1. The van der Waals surface area contributed by atoms with E-state index in [0.29, 0.717) is 26.9 Å². The molecule has 0 unspecified atom stereocenters. The second-order valence-corrected chi connectivity index (χ2v) is 11.2. The third kappa shape index (κ3) is 4.10. The fourth-order valence-corrected chi connectivity index (χ4v) is 7.64. The molecular formula is C24H30Cl2N2O2. The van der Waals surface area contributed by atoms with Crippen molar-refractivity contribution in [2.75, 3.05) is 13.1 Å². The number of nitrogens with one attached hydrogen (secondary N) is 1. The van der Waals surface area contributed by atoms with E-state index in [9.17, 15) is 9.59 Å². The van der Waals surface area contributed by atoms with Crippen molar-refractivity contribution in [2.45, 2.75) is 63.8 Å². The minimum absolute atomic E-state index is 0.0767. The van der Waals surface area contributed by atoms with E-state index in [4.69, 9.17) is 23.2 Å². The number of benzene rings is 1. The molecule has 6 rings (SSSR count). The number of halogens is 2. The summed E-state index contributed by atoms with van der Waals surface area (Å²) in [5.41, 5.74) is 0.740. The summed E-state index contributed by atoms with van der Waals surface area (Å²) in [4.78, 5) is 27.7. The van der Waals surface area contributed by atoms with Crippen LogP contribution in [0, 0.1) is 23.2 Å². The molecule has 0 spiro atoms.